The van der Waals surface area contributed by atoms with E-state index in [0.29, 0.717) is 17.1 Å². The van der Waals surface area contributed by atoms with Gasteiger partial charge in [0.25, 0.3) is 5.91 Å². The highest BCUT2D eigenvalue weighted by molar-refractivity contribution is 7.19. The topological polar surface area (TPSA) is 109 Å². The maximum atomic E-state index is 12.6. The molecule has 2 heterocycles. The summed E-state index contributed by atoms with van der Waals surface area (Å²) in [6.07, 6.45) is -0.488. The zero-order chi connectivity index (χ0) is 17.8. The second kappa shape index (κ2) is 7.75. The number of ether oxygens (including phenoxy) is 1. The van der Waals surface area contributed by atoms with Crippen LogP contribution in [0.3, 0.4) is 0 Å². The van der Waals surface area contributed by atoms with Gasteiger partial charge >= 0.3 is 0 Å². The van der Waals surface area contributed by atoms with Crippen LogP contribution in [0.25, 0.3) is 10.4 Å². The lowest BCUT2D eigenvalue weighted by atomic mass is 10.1. The Morgan fingerprint density at radius 2 is 2.20 bits per heavy atom. The average Bonchev–Trinajstić information content (AvgIpc) is 3.24. The second-order valence-corrected chi connectivity index (χ2v) is 6.63. The first-order chi connectivity index (χ1) is 12.1. The molecule has 1 amide bonds. The molecule has 2 aromatic rings. The number of carbonyl (C=O) groups excluding carboxylic acids is 1. The van der Waals surface area contributed by atoms with Crippen LogP contribution in [0.2, 0.25) is 0 Å². The molecule has 1 fully saturated rings. The Bertz CT molecular complexity index is 776. The van der Waals surface area contributed by atoms with E-state index in [1.165, 1.54) is 11.3 Å². The number of rotatable bonds is 5. The van der Waals surface area contributed by atoms with E-state index >= 15 is 0 Å². The number of nitrogens with one attached hydrogen (secondary N) is 2. The maximum Gasteiger partial charge on any atom is 0.279 e. The molecule has 1 saturated heterocycles. The SMILES string of the molecule is COc1ccc(-c2cc(C(=O)N=C3CCNC3)c(NC(N)O)s2)cc1. The molecule has 1 atom stereocenters. The molecule has 0 spiro atoms. The molecule has 7 nitrogen and oxygen atoms in total. The van der Waals surface area contributed by atoms with Crippen molar-refractivity contribution in [1.82, 2.24) is 5.32 Å². The largest absolute Gasteiger partial charge is 0.497 e. The van der Waals surface area contributed by atoms with Crippen molar-refractivity contribution in [1.29, 1.82) is 0 Å². The fourth-order valence-electron chi connectivity index (χ4n) is 2.54. The number of methoxy groups -OCH3 is 1. The monoisotopic (exact) mass is 360 g/mol. The minimum absolute atomic E-state index is 0.335. The minimum atomic E-state index is -1.25. The van der Waals surface area contributed by atoms with Crippen LogP contribution in [0.1, 0.15) is 16.8 Å². The van der Waals surface area contributed by atoms with Crippen LogP contribution >= 0.6 is 11.3 Å². The third-order valence-corrected chi connectivity index (χ3v) is 4.91. The van der Waals surface area contributed by atoms with Gasteiger partial charge in [-0.05, 0) is 42.3 Å². The molecule has 1 aromatic carbocycles. The number of hydrogen-bond donors (Lipinski definition) is 4. The quantitative estimate of drug-likeness (QED) is 0.604. The molecule has 3 rings (SSSR count). The van der Waals surface area contributed by atoms with E-state index < -0.39 is 6.35 Å². The first kappa shape index (κ1) is 17.6. The Balaban J connectivity index is 1.93. The normalized spacial score (nSPS) is 16.8. The Kier molecular flexibility index (Phi) is 5.44. The van der Waals surface area contributed by atoms with Crippen molar-refractivity contribution in [2.45, 2.75) is 12.8 Å². The van der Waals surface area contributed by atoms with E-state index in [-0.39, 0.29) is 5.91 Å². The molecule has 0 radical (unpaired) electrons. The van der Waals surface area contributed by atoms with E-state index in [1.54, 1.807) is 13.2 Å². The highest BCUT2D eigenvalue weighted by Gasteiger charge is 2.19. The van der Waals surface area contributed by atoms with Crippen LogP contribution < -0.4 is 21.1 Å². The third kappa shape index (κ3) is 4.23. The van der Waals surface area contributed by atoms with E-state index in [2.05, 4.69) is 15.6 Å². The highest BCUT2D eigenvalue weighted by atomic mass is 32.1. The standard InChI is InChI=1S/C17H20N4O3S/c1-24-12-4-2-10(3-5-12)14-8-13(16(25-14)21-17(18)23)15(22)20-11-6-7-19-9-11/h2-5,8,17,19,21,23H,6-7,9,18H2,1H3. The number of nitrogens with zero attached hydrogens (tertiary/aromatic N) is 1. The molecule has 1 aromatic heterocycles. The van der Waals surface area contributed by atoms with Crippen molar-refractivity contribution in [3.63, 3.8) is 0 Å². The maximum absolute atomic E-state index is 12.6. The lowest BCUT2D eigenvalue weighted by Crippen LogP contribution is -2.28. The molecule has 0 bridgehead atoms. The highest BCUT2D eigenvalue weighted by Crippen LogP contribution is 2.36. The lowest BCUT2D eigenvalue weighted by Gasteiger charge is -2.07. The summed E-state index contributed by atoms with van der Waals surface area (Å²) in [5, 5.41) is 15.8. The zero-order valence-electron chi connectivity index (χ0n) is 13.8. The molecule has 0 saturated carbocycles. The van der Waals surface area contributed by atoms with E-state index in [1.807, 2.05) is 24.3 Å². The molecule has 1 aliphatic heterocycles. The van der Waals surface area contributed by atoms with Gasteiger partial charge < -0.3 is 20.5 Å². The summed E-state index contributed by atoms with van der Waals surface area (Å²) in [5.41, 5.74) is 7.60. The molecule has 8 heteroatoms. The van der Waals surface area contributed by atoms with Crippen LogP contribution in [-0.4, -0.2) is 43.3 Å². The first-order valence-electron chi connectivity index (χ1n) is 7.87. The molecule has 5 N–H and O–H groups in total. The molecular formula is C17H20N4O3S. The van der Waals surface area contributed by atoms with Gasteiger partial charge in [-0.15, -0.1) is 11.3 Å². The van der Waals surface area contributed by atoms with Gasteiger partial charge in [0.05, 0.1) is 12.7 Å². The van der Waals surface area contributed by atoms with Crippen LogP contribution in [0.15, 0.2) is 35.3 Å². The molecule has 132 valence electrons. The number of aliphatic hydroxyl groups is 1. The van der Waals surface area contributed by atoms with Gasteiger partial charge in [0.1, 0.15) is 10.8 Å². The summed E-state index contributed by atoms with van der Waals surface area (Å²) in [7, 11) is 1.61. The van der Waals surface area contributed by atoms with Gasteiger partial charge in [-0.3, -0.25) is 10.5 Å². The van der Waals surface area contributed by atoms with Gasteiger partial charge in [-0.25, -0.2) is 4.99 Å². The number of amides is 1. The fourth-order valence-corrected chi connectivity index (χ4v) is 3.63. The van der Waals surface area contributed by atoms with Crippen molar-refractivity contribution >= 4 is 28.0 Å². The molecule has 1 unspecified atom stereocenters. The Morgan fingerprint density at radius 1 is 1.44 bits per heavy atom. The Morgan fingerprint density at radius 3 is 2.80 bits per heavy atom. The number of hydrogen-bond acceptors (Lipinski definition) is 7. The Labute approximate surface area is 149 Å². The van der Waals surface area contributed by atoms with Crippen molar-refractivity contribution in [2.75, 3.05) is 25.5 Å². The molecule has 25 heavy (non-hydrogen) atoms. The number of nitrogens with two attached hydrogens (primary N) is 1. The predicted octanol–water partition coefficient (Wildman–Crippen LogP) is 1.64. The van der Waals surface area contributed by atoms with Gasteiger partial charge in [-0.2, -0.15) is 0 Å². The first-order valence-corrected chi connectivity index (χ1v) is 8.68. The Hall–Kier alpha value is -2.26. The number of aliphatic imine (C=N–C) groups is 1. The lowest BCUT2D eigenvalue weighted by molar-refractivity contribution is 0.100. The number of anilines is 1. The predicted molar refractivity (Wildman–Crippen MR) is 99.4 cm³/mol. The van der Waals surface area contributed by atoms with E-state index in [4.69, 9.17) is 10.5 Å². The minimum Gasteiger partial charge on any atom is -0.497 e. The fraction of sp³-hybridized carbons (Fsp3) is 0.294. The van der Waals surface area contributed by atoms with Crippen LogP contribution in [0.5, 0.6) is 5.75 Å². The number of aliphatic hydroxyl groups excluding tert-OH is 1. The van der Waals surface area contributed by atoms with Gasteiger partial charge in [0, 0.05) is 23.7 Å². The molecular weight excluding hydrogens is 340 g/mol. The van der Waals surface area contributed by atoms with Crippen molar-refractivity contribution in [3.8, 4) is 16.2 Å². The number of carbonyl (C=O) groups is 1. The van der Waals surface area contributed by atoms with Gasteiger partial charge in [-0.1, -0.05) is 0 Å². The second-order valence-electron chi connectivity index (χ2n) is 5.58. The summed E-state index contributed by atoms with van der Waals surface area (Å²) in [4.78, 5) is 17.6. The summed E-state index contributed by atoms with van der Waals surface area (Å²) in [6, 6.07) is 9.30. The summed E-state index contributed by atoms with van der Waals surface area (Å²) >= 11 is 1.34. The zero-order valence-corrected chi connectivity index (χ0v) is 14.6. The molecule has 0 aliphatic carbocycles. The number of thiophene rings is 1. The van der Waals surface area contributed by atoms with E-state index in [9.17, 15) is 9.90 Å². The molecule has 1 aliphatic rings. The van der Waals surface area contributed by atoms with Crippen molar-refractivity contribution in [2.24, 2.45) is 10.7 Å². The van der Waals surface area contributed by atoms with Crippen LogP contribution in [-0.2, 0) is 0 Å². The van der Waals surface area contributed by atoms with E-state index in [0.717, 1.165) is 34.9 Å². The van der Waals surface area contributed by atoms with Crippen molar-refractivity contribution < 1.29 is 14.6 Å². The summed E-state index contributed by atoms with van der Waals surface area (Å²) < 4.78 is 5.16. The van der Waals surface area contributed by atoms with Gasteiger partial charge in [0.15, 0.2) is 6.35 Å². The van der Waals surface area contributed by atoms with Crippen LogP contribution in [0, 0.1) is 0 Å². The average molecular weight is 360 g/mol. The number of benzene rings is 1. The summed E-state index contributed by atoms with van der Waals surface area (Å²) in [5.74, 6) is 0.422. The third-order valence-electron chi connectivity index (χ3n) is 3.80. The summed E-state index contributed by atoms with van der Waals surface area (Å²) in [6.45, 7) is 1.46. The van der Waals surface area contributed by atoms with Gasteiger partial charge in [0.2, 0.25) is 0 Å². The van der Waals surface area contributed by atoms with Crippen molar-refractivity contribution in [3.05, 3.63) is 35.9 Å². The van der Waals surface area contributed by atoms with Crippen LogP contribution in [0.4, 0.5) is 5.00 Å². The smallest absolute Gasteiger partial charge is 0.279 e.